The number of anilines is 1. The topological polar surface area (TPSA) is 95.7 Å². The van der Waals surface area contributed by atoms with Crippen molar-refractivity contribution in [3.05, 3.63) is 23.8 Å². The van der Waals surface area contributed by atoms with Crippen LogP contribution < -0.4 is 5.32 Å². The Labute approximate surface area is 114 Å². The van der Waals surface area contributed by atoms with Crippen LogP contribution in [0.3, 0.4) is 0 Å². The van der Waals surface area contributed by atoms with E-state index >= 15 is 0 Å². The van der Waals surface area contributed by atoms with Crippen LogP contribution in [-0.4, -0.2) is 46.5 Å². The molecule has 1 amide bonds. The van der Waals surface area contributed by atoms with Crippen molar-refractivity contribution < 1.29 is 19.1 Å². The Morgan fingerprint density at radius 2 is 2.35 bits per heavy atom. The highest BCUT2D eigenvalue weighted by molar-refractivity contribution is 5.92. The second kappa shape index (κ2) is 4.52. The van der Waals surface area contributed by atoms with E-state index in [4.69, 9.17) is 9.52 Å². The molecule has 104 valence electrons. The lowest BCUT2D eigenvalue weighted by Gasteiger charge is -2.09. The largest absolute Gasteiger partial charge is 0.478 e. The normalized spacial score (nSPS) is 18.8. The molecule has 1 aliphatic heterocycles. The Bertz CT molecular complexity index is 694. The lowest BCUT2D eigenvalue weighted by Crippen LogP contribution is -2.30. The molecule has 0 aliphatic carbocycles. The minimum absolute atomic E-state index is 0.00141. The van der Waals surface area contributed by atoms with Crippen LogP contribution in [0.2, 0.25) is 0 Å². The predicted octanol–water partition coefficient (Wildman–Crippen LogP) is 1.17. The number of amides is 1. The maximum absolute atomic E-state index is 11.8. The fraction of sp³-hybridized carbons (Fsp3) is 0.308. The number of nitrogens with zero attached hydrogens (tertiary/aromatic N) is 2. The first-order chi connectivity index (χ1) is 9.54. The van der Waals surface area contributed by atoms with Gasteiger partial charge in [0.15, 0.2) is 5.58 Å². The molecule has 0 radical (unpaired) electrons. The van der Waals surface area contributed by atoms with E-state index in [9.17, 15) is 9.59 Å². The number of fused-ring (bicyclic) bond motifs is 1. The molecule has 0 bridgehead atoms. The van der Waals surface area contributed by atoms with Crippen molar-refractivity contribution in [1.82, 2.24) is 9.88 Å². The number of benzene rings is 1. The van der Waals surface area contributed by atoms with Crippen LogP contribution in [0.1, 0.15) is 16.8 Å². The first-order valence-corrected chi connectivity index (χ1v) is 6.20. The number of likely N-dealkylation sites (N-methyl/N-ethyl adjacent to an activating group) is 1. The summed E-state index contributed by atoms with van der Waals surface area (Å²) in [7, 11) is 1.75. The Morgan fingerprint density at radius 1 is 1.55 bits per heavy atom. The van der Waals surface area contributed by atoms with E-state index in [1.807, 2.05) is 0 Å². The highest BCUT2D eigenvalue weighted by atomic mass is 16.4. The number of aromatic carboxylic acids is 1. The molecular formula is C13H13N3O4. The van der Waals surface area contributed by atoms with Crippen LogP contribution >= 0.6 is 0 Å². The van der Waals surface area contributed by atoms with Gasteiger partial charge in [-0.25, -0.2) is 4.79 Å². The van der Waals surface area contributed by atoms with Crippen LogP contribution in [-0.2, 0) is 4.79 Å². The number of aromatic nitrogens is 1. The molecule has 1 aromatic carbocycles. The molecule has 1 aromatic heterocycles. The zero-order valence-electron chi connectivity index (χ0n) is 10.8. The van der Waals surface area contributed by atoms with Gasteiger partial charge in [-0.15, -0.1) is 0 Å². The van der Waals surface area contributed by atoms with Gasteiger partial charge in [-0.1, -0.05) is 0 Å². The second-order valence-corrected chi connectivity index (χ2v) is 4.75. The Balaban J connectivity index is 1.86. The van der Waals surface area contributed by atoms with E-state index < -0.39 is 5.97 Å². The molecule has 0 saturated carbocycles. The molecule has 2 aromatic rings. The van der Waals surface area contributed by atoms with Gasteiger partial charge in [-0.2, -0.15) is 4.98 Å². The number of hydrogen-bond donors (Lipinski definition) is 2. The predicted molar refractivity (Wildman–Crippen MR) is 70.6 cm³/mol. The minimum atomic E-state index is -1.02. The maximum atomic E-state index is 11.8. The van der Waals surface area contributed by atoms with Gasteiger partial charge in [0.2, 0.25) is 5.91 Å². The van der Waals surface area contributed by atoms with Crippen LogP contribution in [0, 0.1) is 0 Å². The molecule has 7 nitrogen and oxygen atoms in total. The first-order valence-electron chi connectivity index (χ1n) is 6.20. The van der Waals surface area contributed by atoms with Crippen LogP contribution in [0.5, 0.6) is 0 Å². The molecule has 0 spiro atoms. The fourth-order valence-corrected chi connectivity index (χ4v) is 2.22. The molecule has 1 fully saturated rings. The van der Waals surface area contributed by atoms with Crippen molar-refractivity contribution in [1.29, 1.82) is 0 Å². The van der Waals surface area contributed by atoms with Crippen molar-refractivity contribution in [2.45, 2.75) is 12.5 Å². The molecular weight excluding hydrogens is 262 g/mol. The van der Waals surface area contributed by atoms with Gasteiger partial charge >= 0.3 is 5.97 Å². The summed E-state index contributed by atoms with van der Waals surface area (Å²) in [5, 5.41) is 11.9. The average molecular weight is 275 g/mol. The average Bonchev–Trinajstić information content (AvgIpc) is 2.95. The van der Waals surface area contributed by atoms with E-state index in [0.717, 1.165) is 0 Å². The van der Waals surface area contributed by atoms with Crippen molar-refractivity contribution in [2.24, 2.45) is 0 Å². The number of carbonyl (C=O) groups is 2. The van der Waals surface area contributed by atoms with Crippen molar-refractivity contribution in [2.75, 3.05) is 18.9 Å². The lowest BCUT2D eigenvalue weighted by molar-refractivity contribution is -0.127. The van der Waals surface area contributed by atoms with Crippen LogP contribution in [0.25, 0.3) is 11.1 Å². The van der Waals surface area contributed by atoms with Gasteiger partial charge in [0.1, 0.15) is 11.6 Å². The third-order valence-electron chi connectivity index (χ3n) is 3.36. The summed E-state index contributed by atoms with van der Waals surface area (Å²) in [4.78, 5) is 28.5. The third kappa shape index (κ3) is 2.07. The summed E-state index contributed by atoms with van der Waals surface area (Å²) in [6.45, 7) is 0.694. The number of carbonyl (C=O) groups excluding carboxylic acids is 1. The van der Waals surface area contributed by atoms with Crippen molar-refractivity contribution >= 4 is 29.0 Å². The minimum Gasteiger partial charge on any atom is -0.478 e. The number of nitrogens with one attached hydrogen (secondary N) is 1. The van der Waals surface area contributed by atoms with Crippen LogP contribution in [0.15, 0.2) is 22.6 Å². The summed E-state index contributed by atoms with van der Waals surface area (Å²) in [6, 6.07) is 4.35. The molecule has 2 N–H and O–H groups in total. The summed E-state index contributed by atoms with van der Waals surface area (Å²) in [5.74, 6) is -1.02. The standard InChI is InChI=1S/C13H13N3O4/c1-16-5-4-9(11(16)17)15-13-14-8-3-2-7(12(18)19)6-10(8)20-13/h2-3,6,9H,4-5H2,1H3,(H,14,15)(H,18,19). The number of rotatable bonds is 3. The molecule has 2 heterocycles. The first kappa shape index (κ1) is 12.5. The molecule has 7 heteroatoms. The summed E-state index contributed by atoms with van der Waals surface area (Å²) >= 11 is 0. The Morgan fingerprint density at radius 3 is 3.00 bits per heavy atom. The second-order valence-electron chi connectivity index (χ2n) is 4.75. The van der Waals surface area contributed by atoms with Gasteiger partial charge in [0.05, 0.1) is 5.56 Å². The smallest absolute Gasteiger partial charge is 0.335 e. The lowest BCUT2D eigenvalue weighted by atomic mass is 10.2. The highest BCUT2D eigenvalue weighted by Gasteiger charge is 2.30. The van der Waals surface area contributed by atoms with Gasteiger partial charge in [0, 0.05) is 13.6 Å². The Hall–Kier alpha value is -2.57. The third-order valence-corrected chi connectivity index (χ3v) is 3.36. The SMILES string of the molecule is CN1CCC(Nc2nc3ccc(C(=O)O)cc3o2)C1=O. The van der Waals surface area contributed by atoms with Crippen molar-refractivity contribution in [3.8, 4) is 0 Å². The van der Waals surface area contributed by atoms with Crippen LogP contribution in [0.4, 0.5) is 6.01 Å². The van der Waals surface area contributed by atoms with E-state index in [1.54, 1.807) is 18.0 Å². The van der Waals surface area contributed by atoms with E-state index in [0.29, 0.717) is 24.1 Å². The van der Waals surface area contributed by atoms with E-state index in [1.165, 1.54) is 12.1 Å². The molecule has 1 aliphatic rings. The number of oxazole rings is 1. The molecule has 20 heavy (non-hydrogen) atoms. The number of carboxylic acids is 1. The molecule has 1 saturated heterocycles. The zero-order valence-corrected chi connectivity index (χ0v) is 10.8. The quantitative estimate of drug-likeness (QED) is 0.873. The summed E-state index contributed by atoms with van der Waals surface area (Å²) < 4.78 is 5.45. The van der Waals surface area contributed by atoms with E-state index in [-0.39, 0.29) is 23.5 Å². The number of likely N-dealkylation sites (tertiary alicyclic amines) is 1. The number of hydrogen-bond acceptors (Lipinski definition) is 5. The fourth-order valence-electron chi connectivity index (χ4n) is 2.22. The zero-order chi connectivity index (χ0) is 14.3. The molecule has 1 atom stereocenters. The van der Waals surface area contributed by atoms with Gasteiger partial charge in [-0.3, -0.25) is 4.79 Å². The van der Waals surface area contributed by atoms with Gasteiger partial charge in [-0.05, 0) is 24.6 Å². The van der Waals surface area contributed by atoms with Crippen molar-refractivity contribution in [3.63, 3.8) is 0 Å². The molecule has 1 unspecified atom stereocenters. The molecule has 3 rings (SSSR count). The summed E-state index contributed by atoms with van der Waals surface area (Å²) in [6.07, 6.45) is 0.689. The number of carboxylic acid groups (broad SMARTS) is 1. The van der Waals surface area contributed by atoms with E-state index in [2.05, 4.69) is 10.3 Å². The Kier molecular flexibility index (Phi) is 2.81. The van der Waals surface area contributed by atoms with Gasteiger partial charge in [0.25, 0.3) is 6.01 Å². The van der Waals surface area contributed by atoms with Gasteiger partial charge < -0.3 is 19.7 Å². The maximum Gasteiger partial charge on any atom is 0.335 e. The summed E-state index contributed by atoms with van der Waals surface area (Å²) in [5.41, 5.74) is 1.07. The monoisotopic (exact) mass is 275 g/mol. The highest BCUT2D eigenvalue weighted by Crippen LogP contribution is 2.22.